The van der Waals surface area contributed by atoms with Gasteiger partial charge in [0.05, 0.1) is 0 Å². The molecular formula is C11H12BrClFN. The first-order valence-electron chi connectivity index (χ1n) is 4.62. The van der Waals surface area contributed by atoms with E-state index in [-0.39, 0.29) is 18.2 Å². The third-order valence-corrected chi connectivity index (χ3v) is 2.80. The van der Waals surface area contributed by atoms with E-state index in [0.717, 1.165) is 29.6 Å². The molecule has 0 amide bonds. The van der Waals surface area contributed by atoms with Crippen LogP contribution in [0, 0.1) is 5.82 Å². The van der Waals surface area contributed by atoms with Crippen LogP contribution in [0.1, 0.15) is 12.0 Å². The van der Waals surface area contributed by atoms with E-state index in [2.05, 4.69) is 27.3 Å². The average molecular weight is 293 g/mol. The van der Waals surface area contributed by atoms with Gasteiger partial charge >= 0.3 is 0 Å². The van der Waals surface area contributed by atoms with Gasteiger partial charge in [-0.25, -0.2) is 4.39 Å². The van der Waals surface area contributed by atoms with Crippen molar-refractivity contribution >= 4 is 33.9 Å². The third-order valence-electron chi connectivity index (χ3n) is 2.30. The largest absolute Gasteiger partial charge is 0.312 e. The van der Waals surface area contributed by atoms with Crippen molar-refractivity contribution in [2.75, 3.05) is 13.1 Å². The minimum atomic E-state index is -0.158. The molecule has 0 atom stereocenters. The Morgan fingerprint density at radius 2 is 2.13 bits per heavy atom. The van der Waals surface area contributed by atoms with Gasteiger partial charge in [0.15, 0.2) is 0 Å². The average Bonchev–Trinajstić information content (AvgIpc) is 2.19. The quantitative estimate of drug-likeness (QED) is 0.836. The van der Waals surface area contributed by atoms with E-state index in [4.69, 9.17) is 0 Å². The molecule has 82 valence electrons. The van der Waals surface area contributed by atoms with Crippen molar-refractivity contribution in [1.29, 1.82) is 0 Å². The molecule has 0 saturated heterocycles. The van der Waals surface area contributed by atoms with Crippen molar-refractivity contribution in [3.63, 3.8) is 0 Å². The normalized spacial score (nSPS) is 15.5. The molecule has 4 heteroatoms. The molecule has 0 fully saturated rings. The van der Waals surface area contributed by atoms with Crippen LogP contribution >= 0.6 is 28.3 Å². The van der Waals surface area contributed by atoms with Gasteiger partial charge in [0.25, 0.3) is 0 Å². The Hall–Kier alpha value is -0.380. The maximum absolute atomic E-state index is 13.5. The Morgan fingerprint density at radius 3 is 2.73 bits per heavy atom. The van der Waals surface area contributed by atoms with E-state index in [9.17, 15) is 4.39 Å². The Bertz CT molecular complexity index is 379. The number of nitrogens with one attached hydrogen (secondary N) is 1. The van der Waals surface area contributed by atoms with Gasteiger partial charge in [0, 0.05) is 16.6 Å². The summed E-state index contributed by atoms with van der Waals surface area (Å²) in [6.07, 6.45) is 3.08. The van der Waals surface area contributed by atoms with Crippen LogP contribution in [0.5, 0.6) is 0 Å². The first-order valence-corrected chi connectivity index (χ1v) is 5.42. The Balaban J connectivity index is 0.00000112. The number of rotatable bonds is 1. The molecule has 1 aliphatic heterocycles. The van der Waals surface area contributed by atoms with E-state index in [1.165, 1.54) is 6.07 Å². The standard InChI is InChI=1S/C11H11BrFN.ClH/c12-9-3-4-10(11(13)6-9)8-2-1-5-14-7-8;/h2-4,6,14H,1,5,7H2;1H. The zero-order chi connectivity index (χ0) is 9.97. The fourth-order valence-corrected chi connectivity index (χ4v) is 1.93. The van der Waals surface area contributed by atoms with Gasteiger partial charge in [-0.2, -0.15) is 0 Å². The van der Waals surface area contributed by atoms with Gasteiger partial charge in [-0.3, -0.25) is 0 Å². The molecule has 1 N–H and O–H groups in total. The van der Waals surface area contributed by atoms with Gasteiger partial charge < -0.3 is 5.32 Å². The highest BCUT2D eigenvalue weighted by Crippen LogP contribution is 2.23. The summed E-state index contributed by atoms with van der Waals surface area (Å²) in [6, 6.07) is 5.19. The lowest BCUT2D eigenvalue weighted by Crippen LogP contribution is -2.21. The summed E-state index contributed by atoms with van der Waals surface area (Å²) in [5, 5.41) is 3.23. The maximum Gasteiger partial charge on any atom is 0.131 e. The smallest absolute Gasteiger partial charge is 0.131 e. The zero-order valence-corrected chi connectivity index (χ0v) is 10.5. The van der Waals surface area contributed by atoms with Crippen molar-refractivity contribution in [1.82, 2.24) is 5.32 Å². The molecule has 0 aliphatic carbocycles. The molecular weight excluding hydrogens is 280 g/mol. The second-order valence-electron chi connectivity index (χ2n) is 3.32. The first-order chi connectivity index (χ1) is 6.77. The SMILES string of the molecule is Cl.Fc1cc(Br)ccc1C1=CCCNC1. The molecule has 0 bridgehead atoms. The molecule has 0 spiro atoms. The molecule has 1 aromatic carbocycles. The Morgan fingerprint density at radius 1 is 1.33 bits per heavy atom. The molecule has 1 aromatic rings. The van der Waals surface area contributed by atoms with Crippen LogP contribution in [-0.4, -0.2) is 13.1 Å². The van der Waals surface area contributed by atoms with Crippen molar-refractivity contribution in [2.45, 2.75) is 6.42 Å². The van der Waals surface area contributed by atoms with Crippen molar-refractivity contribution in [2.24, 2.45) is 0 Å². The molecule has 0 unspecified atom stereocenters. The second kappa shape index (κ2) is 5.64. The van der Waals surface area contributed by atoms with Crippen LogP contribution in [-0.2, 0) is 0 Å². The zero-order valence-electron chi connectivity index (χ0n) is 8.09. The summed E-state index contributed by atoms with van der Waals surface area (Å²) in [7, 11) is 0. The molecule has 1 aliphatic rings. The van der Waals surface area contributed by atoms with Gasteiger partial charge in [0.2, 0.25) is 0 Å². The lowest BCUT2D eigenvalue weighted by Gasteiger charge is -2.15. The highest BCUT2D eigenvalue weighted by Gasteiger charge is 2.10. The molecule has 1 heterocycles. The van der Waals surface area contributed by atoms with Crippen LogP contribution in [0.3, 0.4) is 0 Å². The van der Waals surface area contributed by atoms with Crippen molar-refractivity contribution in [3.8, 4) is 0 Å². The monoisotopic (exact) mass is 291 g/mol. The van der Waals surface area contributed by atoms with Gasteiger partial charge in [0.1, 0.15) is 5.82 Å². The van der Waals surface area contributed by atoms with Crippen molar-refractivity contribution in [3.05, 3.63) is 40.1 Å². The Labute approximate surface area is 103 Å². The number of benzene rings is 1. The van der Waals surface area contributed by atoms with Crippen LogP contribution in [0.4, 0.5) is 4.39 Å². The minimum absolute atomic E-state index is 0. The lowest BCUT2D eigenvalue weighted by atomic mass is 10.0. The number of halogens is 3. The summed E-state index contributed by atoms with van der Waals surface area (Å²) in [5.41, 5.74) is 1.77. The van der Waals surface area contributed by atoms with Crippen LogP contribution < -0.4 is 5.32 Å². The van der Waals surface area contributed by atoms with E-state index in [1.54, 1.807) is 0 Å². The lowest BCUT2D eigenvalue weighted by molar-refractivity contribution is 0.620. The minimum Gasteiger partial charge on any atom is -0.312 e. The topological polar surface area (TPSA) is 12.0 Å². The summed E-state index contributed by atoms with van der Waals surface area (Å²) in [4.78, 5) is 0. The van der Waals surface area contributed by atoms with Gasteiger partial charge in [-0.15, -0.1) is 12.4 Å². The maximum atomic E-state index is 13.5. The van der Waals surface area contributed by atoms with E-state index in [1.807, 2.05) is 12.1 Å². The highest BCUT2D eigenvalue weighted by atomic mass is 79.9. The van der Waals surface area contributed by atoms with Crippen LogP contribution in [0.25, 0.3) is 5.57 Å². The molecule has 1 nitrogen and oxygen atoms in total. The summed E-state index contributed by atoms with van der Waals surface area (Å²) in [5.74, 6) is -0.158. The van der Waals surface area contributed by atoms with E-state index >= 15 is 0 Å². The molecule has 0 aromatic heterocycles. The fourth-order valence-electron chi connectivity index (χ4n) is 1.60. The molecule has 2 rings (SSSR count). The third kappa shape index (κ3) is 3.03. The molecule has 15 heavy (non-hydrogen) atoms. The van der Waals surface area contributed by atoms with E-state index < -0.39 is 0 Å². The van der Waals surface area contributed by atoms with E-state index in [0.29, 0.717) is 5.56 Å². The summed E-state index contributed by atoms with van der Waals surface area (Å²) < 4.78 is 14.3. The summed E-state index contributed by atoms with van der Waals surface area (Å²) >= 11 is 3.25. The summed E-state index contributed by atoms with van der Waals surface area (Å²) in [6.45, 7) is 1.75. The predicted molar refractivity (Wildman–Crippen MR) is 66.8 cm³/mol. The number of hydrogen-bond acceptors (Lipinski definition) is 1. The van der Waals surface area contributed by atoms with Crippen molar-refractivity contribution < 1.29 is 4.39 Å². The molecule has 0 saturated carbocycles. The second-order valence-corrected chi connectivity index (χ2v) is 4.23. The number of hydrogen-bond donors (Lipinski definition) is 1. The highest BCUT2D eigenvalue weighted by molar-refractivity contribution is 9.10. The van der Waals surface area contributed by atoms with Gasteiger partial charge in [-0.05, 0) is 30.7 Å². The Kier molecular flexibility index (Phi) is 4.77. The van der Waals surface area contributed by atoms with Crippen LogP contribution in [0.15, 0.2) is 28.7 Å². The van der Waals surface area contributed by atoms with Gasteiger partial charge in [-0.1, -0.05) is 28.1 Å². The molecule has 0 radical (unpaired) electrons. The first kappa shape index (κ1) is 12.7. The predicted octanol–water partition coefficient (Wildman–Crippen LogP) is 3.39. The fraction of sp³-hybridized carbons (Fsp3) is 0.273. The van der Waals surface area contributed by atoms with Crippen LogP contribution in [0.2, 0.25) is 0 Å².